The lowest BCUT2D eigenvalue weighted by Gasteiger charge is -2.03. The topological polar surface area (TPSA) is 37.3 Å². The van der Waals surface area contributed by atoms with Gasteiger partial charge >= 0.3 is 0 Å². The van der Waals surface area contributed by atoms with Crippen LogP contribution in [0.15, 0.2) is 59.0 Å². The molecule has 3 aromatic rings. The van der Waals surface area contributed by atoms with Crippen molar-refractivity contribution in [1.82, 2.24) is 4.98 Å². The van der Waals surface area contributed by atoms with E-state index in [1.54, 1.807) is 6.92 Å². The van der Waals surface area contributed by atoms with Crippen LogP contribution in [0.2, 0.25) is 0 Å². The summed E-state index contributed by atoms with van der Waals surface area (Å²) in [4.78, 5) is 4.43. The fourth-order valence-corrected chi connectivity index (χ4v) is 2.70. The molecule has 0 spiro atoms. The summed E-state index contributed by atoms with van der Waals surface area (Å²) < 4.78 is 26.6. The number of benzene rings is 2. The molecule has 0 aliphatic heterocycles. The lowest BCUT2D eigenvalue weighted by Crippen LogP contribution is -2.03. The highest BCUT2D eigenvalue weighted by Crippen LogP contribution is 2.24. The van der Waals surface area contributed by atoms with Crippen LogP contribution in [0.3, 0.4) is 0 Å². The van der Waals surface area contributed by atoms with Gasteiger partial charge in [0.15, 0.2) is 0 Å². The molecule has 0 unspecified atom stereocenters. The van der Waals surface area contributed by atoms with E-state index in [4.69, 9.17) is 0 Å². The molecule has 0 atom stereocenters. The summed E-state index contributed by atoms with van der Waals surface area (Å²) >= 11 is 1.41. The molecule has 0 amide bonds. The van der Waals surface area contributed by atoms with E-state index in [2.05, 4.69) is 15.5 Å². The first-order valence-electron chi connectivity index (χ1n) is 6.90. The summed E-state index contributed by atoms with van der Waals surface area (Å²) in [6, 6.07) is 13.2. The molecule has 6 heteroatoms. The van der Waals surface area contributed by atoms with Gasteiger partial charge in [-0.15, -0.1) is 11.3 Å². The molecule has 0 aliphatic rings. The first-order chi connectivity index (χ1) is 11.1. The van der Waals surface area contributed by atoms with Crippen molar-refractivity contribution < 1.29 is 8.78 Å². The second-order valence-corrected chi connectivity index (χ2v) is 5.70. The standard InChI is InChI=1S/C17H13F2N3S/c1-11(14-8-7-13(18)9-15(14)19)21-22-17-20-16(10-23-17)12-5-3-2-4-6-12/h2-10H,1H3,(H,20,22)/b21-11+. The Balaban J connectivity index is 1.76. The van der Waals surface area contributed by atoms with Crippen LogP contribution in [0.25, 0.3) is 11.3 Å². The summed E-state index contributed by atoms with van der Waals surface area (Å²) in [5.74, 6) is -1.25. The van der Waals surface area contributed by atoms with E-state index in [0.717, 1.165) is 17.3 Å². The molecule has 1 heterocycles. The number of hydrogen-bond donors (Lipinski definition) is 1. The minimum atomic E-state index is -0.642. The fourth-order valence-electron chi connectivity index (χ4n) is 2.04. The first-order valence-corrected chi connectivity index (χ1v) is 7.78. The SMILES string of the molecule is C/C(=N\Nc1nc(-c2ccccc2)cs1)c1ccc(F)cc1F. The Morgan fingerprint density at radius 1 is 1.13 bits per heavy atom. The van der Waals surface area contributed by atoms with Crippen LogP contribution in [0.1, 0.15) is 12.5 Å². The van der Waals surface area contributed by atoms with Gasteiger partial charge in [-0.1, -0.05) is 30.3 Å². The van der Waals surface area contributed by atoms with Crippen LogP contribution >= 0.6 is 11.3 Å². The predicted molar refractivity (Wildman–Crippen MR) is 89.7 cm³/mol. The summed E-state index contributed by atoms with van der Waals surface area (Å²) in [7, 11) is 0. The van der Waals surface area contributed by atoms with Gasteiger partial charge in [0.2, 0.25) is 5.13 Å². The Morgan fingerprint density at radius 3 is 2.65 bits per heavy atom. The van der Waals surface area contributed by atoms with Crippen molar-refractivity contribution in [1.29, 1.82) is 0 Å². The van der Waals surface area contributed by atoms with Crippen molar-refractivity contribution in [3.63, 3.8) is 0 Å². The van der Waals surface area contributed by atoms with Crippen molar-refractivity contribution in [2.45, 2.75) is 6.92 Å². The number of aromatic nitrogens is 1. The molecule has 116 valence electrons. The molecule has 1 aromatic heterocycles. The summed E-state index contributed by atoms with van der Waals surface area (Å²) in [5.41, 5.74) is 5.34. The van der Waals surface area contributed by atoms with Gasteiger partial charge in [-0.2, -0.15) is 5.10 Å². The van der Waals surface area contributed by atoms with E-state index in [9.17, 15) is 8.78 Å². The molecule has 3 rings (SSSR count). The maximum absolute atomic E-state index is 13.7. The molecule has 0 bridgehead atoms. The van der Waals surface area contributed by atoms with Crippen molar-refractivity contribution in [2.24, 2.45) is 5.10 Å². The molecule has 3 nitrogen and oxygen atoms in total. The average Bonchev–Trinajstić information content (AvgIpc) is 3.02. The van der Waals surface area contributed by atoms with E-state index in [0.29, 0.717) is 10.8 Å². The lowest BCUT2D eigenvalue weighted by molar-refractivity contribution is 0.581. The summed E-state index contributed by atoms with van der Waals surface area (Å²) in [5, 5.41) is 6.63. The molecule has 23 heavy (non-hydrogen) atoms. The number of anilines is 1. The molecule has 1 N–H and O–H groups in total. The number of hydrogen-bond acceptors (Lipinski definition) is 4. The molecule has 0 fully saturated rings. The van der Waals surface area contributed by atoms with Crippen LogP contribution in [0.5, 0.6) is 0 Å². The Hall–Kier alpha value is -2.60. The van der Waals surface area contributed by atoms with Gasteiger partial charge in [0, 0.05) is 22.6 Å². The molecule has 0 saturated heterocycles. The number of halogens is 2. The zero-order valence-corrected chi connectivity index (χ0v) is 13.1. The van der Waals surface area contributed by atoms with E-state index in [-0.39, 0.29) is 5.56 Å². The van der Waals surface area contributed by atoms with Crippen molar-refractivity contribution in [3.05, 3.63) is 71.1 Å². The van der Waals surface area contributed by atoms with Gasteiger partial charge < -0.3 is 0 Å². The van der Waals surface area contributed by atoms with E-state index in [1.807, 2.05) is 35.7 Å². The highest BCUT2D eigenvalue weighted by molar-refractivity contribution is 7.14. The molecule has 0 aliphatic carbocycles. The lowest BCUT2D eigenvalue weighted by atomic mass is 10.1. The number of hydrazone groups is 1. The quantitative estimate of drug-likeness (QED) is 0.544. The maximum Gasteiger partial charge on any atom is 0.203 e. The second kappa shape index (κ2) is 6.66. The third-order valence-corrected chi connectivity index (χ3v) is 3.96. The Morgan fingerprint density at radius 2 is 1.91 bits per heavy atom. The van der Waals surface area contributed by atoms with Crippen molar-refractivity contribution >= 4 is 22.2 Å². The van der Waals surface area contributed by atoms with Gasteiger partial charge in [-0.25, -0.2) is 13.8 Å². The number of thiazole rings is 1. The highest BCUT2D eigenvalue weighted by Gasteiger charge is 2.08. The highest BCUT2D eigenvalue weighted by atomic mass is 32.1. The fraction of sp³-hybridized carbons (Fsp3) is 0.0588. The van der Waals surface area contributed by atoms with Crippen LogP contribution < -0.4 is 5.43 Å². The minimum Gasteiger partial charge on any atom is -0.252 e. The van der Waals surface area contributed by atoms with Crippen LogP contribution in [0.4, 0.5) is 13.9 Å². The summed E-state index contributed by atoms with van der Waals surface area (Å²) in [6.07, 6.45) is 0. The van der Waals surface area contributed by atoms with Gasteiger partial charge in [0.05, 0.1) is 11.4 Å². The molecule has 0 radical (unpaired) electrons. The van der Waals surface area contributed by atoms with Crippen LogP contribution in [-0.2, 0) is 0 Å². The Labute approximate surface area is 136 Å². The van der Waals surface area contributed by atoms with Gasteiger partial charge in [0.25, 0.3) is 0 Å². The van der Waals surface area contributed by atoms with Crippen LogP contribution in [-0.4, -0.2) is 10.7 Å². The summed E-state index contributed by atoms with van der Waals surface area (Å²) in [6.45, 7) is 1.65. The number of nitrogens with zero attached hydrogens (tertiary/aromatic N) is 2. The first kappa shape index (κ1) is 15.3. The van der Waals surface area contributed by atoms with E-state index >= 15 is 0 Å². The minimum absolute atomic E-state index is 0.249. The van der Waals surface area contributed by atoms with Gasteiger partial charge in [0.1, 0.15) is 11.6 Å². The third-order valence-electron chi connectivity index (χ3n) is 3.21. The monoisotopic (exact) mass is 329 g/mol. The van der Waals surface area contributed by atoms with Crippen molar-refractivity contribution in [2.75, 3.05) is 5.43 Å². The van der Waals surface area contributed by atoms with Gasteiger partial charge in [-0.3, -0.25) is 5.43 Å². The van der Waals surface area contributed by atoms with Gasteiger partial charge in [-0.05, 0) is 19.1 Å². The Kier molecular flexibility index (Phi) is 4.43. The average molecular weight is 329 g/mol. The zero-order valence-electron chi connectivity index (χ0n) is 12.3. The second-order valence-electron chi connectivity index (χ2n) is 4.84. The maximum atomic E-state index is 13.7. The zero-order chi connectivity index (χ0) is 16.2. The Bertz CT molecular complexity index is 844. The normalized spacial score (nSPS) is 11.5. The van der Waals surface area contributed by atoms with E-state index < -0.39 is 11.6 Å². The predicted octanol–water partition coefficient (Wildman–Crippen LogP) is 4.92. The molecular weight excluding hydrogens is 316 g/mol. The molecular formula is C17H13F2N3S. The van der Waals surface area contributed by atoms with Crippen molar-refractivity contribution in [3.8, 4) is 11.3 Å². The molecule has 0 saturated carbocycles. The van der Waals surface area contributed by atoms with Crippen LogP contribution in [0, 0.1) is 11.6 Å². The number of rotatable bonds is 4. The number of nitrogens with one attached hydrogen (secondary N) is 1. The van der Waals surface area contributed by atoms with E-state index in [1.165, 1.54) is 23.5 Å². The third kappa shape index (κ3) is 3.60. The molecule has 2 aromatic carbocycles. The largest absolute Gasteiger partial charge is 0.252 e. The smallest absolute Gasteiger partial charge is 0.203 e.